The zero-order valence-corrected chi connectivity index (χ0v) is 16.1. The SMILES string of the molecule is O=C1N=C(N2CCOCC2)S/C1=C/c1ccc(-c2ccc(C(=O)O)c(Cl)c2)o1. The standard InChI is InChI=1S/C19H15ClN2O5S/c20-14-9-11(1-3-13(14)18(24)25)15-4-2-12(27-15)10-16-17(23)21-19(28-16)22-5-7-26-8-6-22/h1-4,9-10H,5-8H2,(H,24,25)/b16-10+. The number of morpholine rings is 1. The van der Waals surface area contributed by atoms with Crippen molar-refractivity contribution < 1.29 is 23.8 Å². The number of halogens is 1. The van der Waals surface area contributed by atoms with Gasteiger partial charge in [-0.2, -0.15) is 4.99 Å². The molecule has 0 aliphatic carbocycles. The van der Waals surface area contributed by atoms with Gasteiger partial charge in [-0.25, -0.2) is 4.79 Å². The van der Waals surface area contributed by atoms with Crippen molar-refractivity contribution in [3.8, 4) is 11.3 Å². The molecule has 1 fully saturated rings. The maximum atomic E-state index is 12.2. The Bertz CT molecular complexity index is 1010. The number of aromatic carboxylic acids is 1. The second-order valence-electron chi connectivity index (χ2n) is 6.11. The summed E-state index contributed by atoms with van der Waals surface area (Å²) in [4.78, 5) is 29.9. The first-order chi connectivity index (χ1) is 13.5. The lowest BCUT2D eigenvalue weighted by atomic mass is 10.1. The topological polar surface area (TPSA) is 92.3 Å². The number of carboxylic acid groups (broad SMARTS) is 1. The fraction of sp³-hybridized carbons (Fsp3) is 0.211. The first kappa shape index (κ1) is 18.8. The van der Waals surface area contributed by atoms with Gasteiger partial charge in [0.05, 0.1) is 28.7 Å². The number of nitrogens with zero attached hydrogens (tertiary/aromatic N) is 2. The Morgan fingerprint density at radius 2 is 2.04 bits per heavy atom. The molecule has 1 N–H and O–H groups in total. The summed E-state index contributed by atoms with van der Waals surface area (Å²) in [6.07, 6.45) is 1.65. The minimum absolute atomic E-state index is 0.0278. The number of amides is 1. The number of carboxylic acids is 1. The molecule has 1 aromatic heterocycles. The lowest BCUT2D eigenvalue weighted by molar-refractivity contribution is -0.113. The smallest absolute Gasteiger partial charge is 0.337 e. The second-order valence-corrected chi connectivity index (χ2v) is 7.53. The molecule has 28 heavy (non-hydrogen) atoms. The molecule has 2 aromatic rings. The van der Waals surface area contributed by atoms with E-state index < -0.39 is 5.97 Å². The highest BCUT2D eigenvalue weighted by molar-refractivity contribution is 8.18. The van der Waals surface area contributed by atoms with Crippen LogP contribution in [0, 0.1) is 0 Å². The van der Waals surface area contributed by atoms with Gasteiger partial charge in [-0.3, -0.25) is 4.79 Å². The number of rotatable bonds is 3. The molecule has 9 heteroatoms. The van der Waals surface area contributed by atoms with Gasteiger partial charge in [-0.1, -0.05) is 17.7 Å². The second kappa shape index (κ2) is 7.83. The third-order valence-electron chi connectivity index (χ3n) is 4.27. The molecule has 1 amide bonds. The lowest BCUT2D eigenvalue weighted by Gasteiger charge is -2.27. The first-order valence-corrected chi connectivity index (χ1v) is 9.69. The van der Waals surface area contributed by atoms with E-state index in [-0.39, 0.29) is 16.5 Å². The summed E-state index contributed by atoms with van der Waals surface area (Å²) >= 11 is 7.33. The van der Waals surface area contributed by atoms with Crippen LogP contribution in [0.1, 0.15) is 16.1 Å². The van der Waals surface area contributed by atoms with Gasteiger partial charge in [-0.15, -0.1) is 0 Å². The van der Waals surface area contributed by atoms with Crippen LogP contribution in [0.5, 0.6) is 0 Å². The molecule has 1 aromatic carbocycles. The van der Waals surface area contributed by atoms with Crippen LogP contribution < -0.4 is 0 Å². The molecule has 2 aliphatic heterocycles. The average Bonchev–Trinajstić information content (AvgIpc) is 3.29. The van der Waals surface area contributed by atoms with Crippen LogP contribution in [0.2, 0.25) is 5.02 Å². The number of ether oxygens (including phenoxy) is 1. The lowest BCUT2D eigenvalue weighted by Crippen LogP contribution is -2.38. The number of thioether (sulfide) groups is 1. The molecule has 0 bridgehead atoms. The first-order valence-electron chi connectivity index (χ1n) is 8.49. The number of aliphatic imine (C=N–C) groups is 1. The summed E-state index contributed by atoms with van der Waals surface area (Å²) in [6.45, 7) is 2.67. The highest BCUT2D eigenvalue weighted by atomic mass is 35.5. The molecule has 0 unspecified atom stereocenters. The van der Waals surface area contributed by atoms with E-state index in [4.69, 9.17) is 25.9 Å². The monoisotopic (exact) mass is 418 g/mol. The van der Waals surface area contributed by atoms with Crippen LogP contribution in [0.3, 0.4) is 0 Å². The van der Waals surface area contributed by atoms with Crippen molar-refractivity contribution >= 4 is 46.5 Å². The van der Waals surface area contributed by atoms with Gasteiger partial charge in [0, 0.05) is 24.7 Å². The molecule has 2 aliphatic rings. The number of hydrogen-bond acceptors (Lipinski definition) is 6. The Morgan fingerprint density at radius 1 is 1.25 bits per heavy atom. The van der Waals surface area contributed by atoms with Gasteiger partial charge >= 0.3 is 5.97 Å². The van der Waals surface area contributed by atoms with E-state index in [1.807, 2.05) is 4.90 Å². The minimum Gasteiger partial charge on any atom is -0.478 e. The highest BCUT2D eigenvalue weighted by Crippen LogP contribution is 2.32. The van der Waals surface area contributed by atoms with Crippen molar-refractivity contribution in [2.75, 3.05) is 26.3 Å². The average molecular weight is 419 g/mol. The molecule has 144 valence electrons. The van der Waals surface area contributed by atoms with Crippen LogP contribution >= 0.6 is 23.4 Å². The number of hydrogen-bond donors (Lipinski definition) is 1. The summed E-state index contributed by atoms with van der Waals surface area (Å²) in [6, 6.07) is 8.07. The Kier molecular flexibility index (Phi) is 5.25. The van der Waals surface area contributed by atoms with E-state index in [0.29, 0.717) is 53.5 Å². The van der Waals surface area contributed by atoms with E-state index in [1.165, 1.54) is 23.9 Å². The van der Waals surface area contributed by atoms with Crippen molar-refractivity contribution in [3.05, 3.63) is 51.6 Å². The molecule has 0 saturated carbocycles. The zero-order valence-electron chi connectivity index (χ0n) is 14.6. The largest absolute Gasteiger partial charge is 0.478 e. The number of furan rings is 1. The maximum absolute atomic E-state index is 12.2. The fourth-order valence-corrected chi connectivity index (χ4v) is 4.05. The molecular weight excluding hydrogens is 404 g/mol. The van der Waals surface area contributed by atoms with Gasteiger partial charge in [0.25, 0.3) is 5.91 Å². The van der Waals surface area contributed by atoms with Crippen LogP contribution in [-0.2, 0) is 9.53 Å². The van der Waals surface area contributed by atoms with Crippen molar-refractivity contribution in [1.29, 1.82) is 0 Å². The third kappa shape index (κ3) is 3.84. The Hall–Kier alpha value is -2.55. The van der Waals surface area contributed by atoms with E-state index in [2.05, 4.69) is 4.99 Å². The molecular formula is C19H15ClN2O5S. The molecule has 7 nitrogen and oxygen atoms in total. The fourth-order valence-electron chi connectivity index (χ4n) is 2.84. The minimum atomic E-state index is -1.09. The van der Waals surface area contributed by atoms with Crippen LogP contribution in [0.15, 0.2) is 44.6 Å². The number of carbonyl (C=O) groups excluding carboxylic acids is 1. The molecule has 0 radical (unpaired) electrons. The van der Waals surface area contributed by atoms with E-state index in [9.17, 15) is 9.59 Å². The molecule has 0 atom stereocenters. The van der Waals surface area contributed by atoms with Crippen molar-refractivity contribution in [2.45, 2.75) is 0 Å². The van der Waals surface area contributed by atoms with Crippen molar-refractivity contribution in [2.24, 2.45) is 4.99 Å². The van der Waals surface area contributed by atoms with Gasteiger partial charge < -0.3 is 19.2 Å². The summed E-state index contributed by atoms with van der Waals surface area (Å²) in [5.41, 5.74) is 0.676. The number of carbonyl (C=O) groups is 2. The van der Waals surface area contributed by atoms with E-state index >= 15 is 0 Å². The molecule has 0 spiro atoms. The summed E-state index contributed by atoms with van der Waals surface area (Å²) in [7, 11) is 0. The molecule has 1 saturated heterocycles. The van der Waals surface area contributed by atoms with E-state index in [1.54, 1.807) is 24.3 Å². The third-order valence-corrected chi connectivity index (χ3v) is 5.63. The van der Waals surface area contributed by atoms with Gasteiger partial charge in [0.15, 0.2) is 5.17 Å². The quantitative estimate of drug-likeness (QED) is 0.761. The zero-order chi connectivity index (χ0) is 19.7. The van der Waals surface area contributed by atoms with Crippen LogP contribution in [0.25, 0.3) is 17.4 Å². The Balaban J connectivity index is 1.51. The predicted octanol–water partition coefficient (Wildman–Crippen LogP) is 3.60. The van der Waals surface area contributed by atoms with Crippen molar-refractivity contribution in [3.63, 3.8) is 0 Å². The van der Waals surface area contributed by atoms with Crippen LogP contribution in [-0.4, -0.2) is 53.4 Å². The molecule has 4 rings (SSSR count). The normalized spacial score (nSPS) is 18.6. The summed E-state index contributed by atoms with van der Waals surface area (Å²) < 4.78 is 11.1. The molecule has 3 heterocycles. The maximum Gasteiger partial charge on any atom is 0.337 e. The number of benzene rings is 1. The Morgan fingerprint density at radius 3 is 2.75 bits per heavy atom. The van der Waals surface area contributed by atoms with Gasteiger partial charge in [0.1, 0.15) is 11.5 Å². The van der Waals surface area contributed by atoms with Crippen molar-refractivity contribution in [1.82, 2.24) is 4.90 Å². The number of amidine groups is 1. The van der Waals surface area contributed by atoms with Gasteiger partial charge in [-0.05, 0) is 36.0 Å². The summed E-state index contributed by atoms with van der Waals surface area (Å²) in [5, 5.41) is 9.87. The summed E-state index contributed by atoms with van der Waals surface area (Å²) in [5.74, 6) is -0.356. The van der Waals surface area contributed by atoms with E-state index in [0.717, 1.165) is 0 Å². The Labute approximate surface area is 169 Å². The predicted molar refractivity (Wildman–Crippen MR) is 107 cm³/mol. The van der Waals surface area contributed by atoms with Crippen LogP contribution in [0.4, 0.5) is 0 Å². The highest BCUT2D eigenvalue weighted by Gasteiger charge is 2.27. The van der Waals surface area contributed by atoms with Gasteiger partial charge in [0.2, 0.25) is 0 Å².